The number of hydrogen-bond acceptors (Lipinski definition) is 2. The highest BCUT2D eigenvalue weighted by atomic mass is 16.2. The first kappa shape index (κ1) is 16.0. The molecule has 1 aliphatic heterocycles. The number of carbonyl (C=O) groups is 1. The van der Waals surface area contributed by atoms with Crippen LogP contribution in [0, 0.1) is 12.8 Å². The molecule has 1 aromatic rings. The summed E-state index contributed by atoms with van der Waals surface area (Å²) in [7, 11) is 0. The molecule has 1 aromatic carbocycles. The molecule has 0 radical (unpaired) electrons. The Morgan fingerprint density at radius 1 is 1.38 bits per heavy atom. The van der Waals surface area contributed by atoms with Gasteiger partial charge in [0, 0.05) is 6.54 Å². The number of benzene rings is 1. The van der Waals surface area contributed by atoms with E-state index in [0.29, 0.717) is 5.92 Å². The van der Waals surface area contributed by atoms with Crippen molar-refractivity contribution < 1.29 is 4.79 Å². The average molecular weight is 288 g/mol. The maximum atomic E-state index is 12.7. The number of carbonyl (C=O) groups excluding carboxylic acids is 1. The van der Waals surface area contributed by atoms with E-state index in [1.54, 1.807) is 0 Å². The van der Waals surface area contributed by atoms with Crippen LogP contribution < -0.4 is 5.73 Å². The quantitative estimate of drug-likeness (QED) is 0.922. The molecule has 1 aliphatic rings. The zero-order valence-electron chi connectivity index (χ0n) is 13.5. The molecule has 1 amide bonds. The van der Waals surface area contributed by atoms with Crippen molar-refractivity contribution in [3.8, 4) is 0 Å². The lowest BCUT2D eigenvalue weighted by Gasteiger charge is -2.41. The summed E-state index contributed by atoms with van der Waals surface area (Å²) in [6.07, 6.45) is 3.97. The lowest BCUT2D eigenvalue weighted by Crippen LogP contribution is -2.49. The second-order valence-corrected chi connectivity index (χ2v) is 6.40. The van der Waals surface area contributed by atoms with Gasteiger partial charge in [0.1, 0.15) is 0 Å². The normalized spacial score (nSPS) is 23.9. The molecule has 3 heteroatoms. The van der Waals surface area contributed by atoms with E-state index in [2.05, 4.69) is 45.0 Å². The molecule has 0 saturated carbocycles. The maximum Gasteiger partial charge on any atom is 0.240 e. The standard InChI is InChI=1S/C18H28N2O/c1-4-6-16(19)18(21)20-12-5-7-14(3)17(20)15-10-8-13(2)9-11-15/h8-11,14,16-17H,4-7,12,19H2,1-3H3. The first-order chi connectivity index (χ1) is 10.0. The van der Waals surface area contributed by atoms with Gasteiger partial charge in [0.2, 0.25) is 5.91 Å². The Hall–Kier alpha value is -1.35. The van der Waals surface area contributed by atoms with Crippen LogP contribution in [-0.4, -0.2) is 23.4 Å². The summed E-state index contributed by atoms with van der Waals surface area (Å²) in [6, 6.07) is 8.40. The molecule has 0 aliphatic carbocycles. The summed E-state index contributed by atoms with van der Waals surface area (Å²) in [5, 5.41) is 0. The van der Waals surface area contributed by atoms with Crippen LogP contribution in [-0.2, 0) is 4.79 Å². The fraction of sp³-hybridized carbons (Fsp3) is 0.611. The zero-order valence-corrected chi connectivity index (χ0v) is 13.5. The van der Waals surface area contributed by atoms with Gasteiger partial charge >= 0.3 is 0 Å². The molecule has 3 nitrogen and oxygen atoms in total. The molecule has 2 rings (SSSR count). The van der Waals surface area contributed by atoms with Gasteiger partial charge in [0.25, 0.3) is 0 Å². The van der Waals surface area contributed by atoms with Crippen LogP contribution in [0.5, 0.6) is 0 Å². The van der Waals surface area contributed by atoms with Crippen LogP contribution in [0.4, 0.5) is 0 Å². The maximum absolute atomic E-state index is 12.7. The third-order valence-electron chi connectivity index (χ3n) is 4.55. The highest BCUT2D eigenvalue weighted by Gasteiger charge is 2.34. The van der Waals surface area contributed by atoms with Crippen molar-refractivity contribution in [3.63, 3.8) is 0 Å². The van der Waals surface area contributed by atoms with Crippen LogP contribution in [0.2, 0.25) is 0 Å². The molecule has 1 heterocycles. The monoisotopic (exact) mass is 288 g/mol. The number of hydrogen-bond donors (Lipinski definition) is 1. The van der Waals surface area contributed by atoms with Crippen molar-refractivity contribution in [1.82, 2.24) is 4.90 Å². The Balaban J connectivity index is 2.24. The Morgan fingerprint density at radius 3 is 2.67 bits per heavy atom. The number of amides is 1. The van der Waals surface area contributed by atoms with E-state index in [-0.39, 0.29) is 18.0 Å². The Morgan fingerprint density at radius 2 is 2.05 bits per heavy atom. The van der Waals surface area contributed by atoms with E-state index in [9.17, 15) is 4.79 Å². The van der Waals surface area contributed by atoms with Crippen molar-refractivity contribution in [1.29, 1.82) is 0 Å². The molecule has 2 N–H and O–H groups in total. The molecule has 0 bridgehead atoms. The van der Waals surface area contributed by atoms with Gasteiger partial charge in [0.05, 0.1) is 12.1 Å². The number of rotatable bonds is 4. The fourth-order valence-corrected chi connectivity index (χ4v) is 3.35. The topological polar surface area (TPSA) is 46.3 Å². The first-order valence-corrected chi connectivity index (χ1v) is 8.17. The Kier molecular flexibility index (Phi) is 5.40. The van der Waals surface area contributed by atoms with E-state index in [1.807, 2.05) is 4.90 Å². The fourth-order valence-electron chi connectivity index (χ4n) is 3.35. The highest BCUT2D eigenvalue weighted by molar-refractivity contribution is 5.82. The summed E-state index contributed by atoms with van der Waals surface area (Å²) in [6.45, 7) is 7.24. The predicted octanol–water partition coefficient (Wildman–Crippen LogP) is 3.42. The molecule has 1 saturated heterocycles. The lowest BCUT2D eigenvalue weighted by atomic mass is 9.85. The second-order valence-electron chi connectivity index (χ2n) is 6.40. The summed E-state index contributed by atoms with van der Waals surface area (Å²) in [5.41, 5.74) is 8.57. The van der Waals surface area contributed by atoms with Crippen LogP contribution in [0.3, 0.4) is 0 Å². The van der Waals surface area contributed by atoms with Gasteiger partial charge in [-0.1, -0.05) is 50.1 Å². The molecule has 0 aromatic heterocycles. The average Bonchev–Trinajstić information content (AvgIpc) is 2.47. The molecule has 0 spiro atoms. The van der Waals surface area contributed by atoms with Gasteiger partial charge in [-0.05, 0) is 37.7 Å². The smallest absolute Gasteiger partial charge is 0.240 e. The number of piperidine rings is 1. The van der Waals surface area contributed by atoms with Gasteiger partial charge in [-0.2, -0.15) is 0 Å². The van der Waals surface area contributed by atoms with Crippen LogP contribution >= 0.6 is 0 Å². The molecule has 21 heavy (non-hydrogen) atoms. The number of nitrogens with two attached hydrogens (primary N) is 1. The van der Waals surface area contributed by atoms with Gasteiger partial charge < -0.3 is 10.6 Å². The molecule has 3 atom stereocenters. The van der Waals surface area contributed by atoms with E-state index < -0.39 is 0 Å². The van der Waals surface area contributed by atoms with Gasteiger partial charge in [-0.25, -0.2) is 0 Å². The van der Waals surface area contributed by atoms with Crippen molar-refractivity contribution in [2.24, 2.45) is 11.7 Å². The van der Waals surface area contributed by atoms with Crippen LogP contribution in [0.15, 0.2) is 24.3 Å². The van der Waals surface area contributed by atoms with Gasteiger partial charge in [0.15, 0.2) is 0 Å². The van der Waals surface area contributed by atoms with E-state index in [4.69, 9.17) is 5.73 Å². The summed E-state index contributed by atoms with van der Waals surface area (Å²) in [4.78, 5) is 14.7. The predicted molar refractivity (Wildman–Crippen MR) is 86.9 cm³/mol. The molecule has 3 unspecified atom stereocenters. The number of aryl methyl sites for hydroxylation is 1. The molecular formula is C18H28N2O. The first-order valence-electron chi connectivity index (χ1n) is 8.17. The highest BCUT2D eigenvalue weighted by Crippen LogP contribution is 2.36. The molecule has 116 valence electrons. The Labute approximate surface area is 128 Å². The van der Waals surface area contributed by atoms with Gasteiger partial charge in [-0.3, -0.25) is 4.79 Å². The number of likely N-dealkylation sites (tertiary alicyclic amines) is 1. The van der Waals surface area contributed by atoms with Crippen LogP contribution in [0.25, 0.3) is 0 Å². The summed E-state index contributed by atoms with van der Waals surface area (Å²) in [5.74, 6) is 0.605. The minimum absolute atomic E-state index is 0.119. The van der Waals surface area contributed by atoms with E-state index in [1.165, 1.54) is 17.5 Å². The zero-order chi connectivity index (χ0) is 15.4. The summed E-state index contributed by atoms with van der Waals surface area (Å²) >= 11 is 0. The van der Waals surface area contributed by atoms with E-state index in [0.717, 1.165) is 25.8 Å². The lowest BCUT2D eigenvalue weighted by molar-refractivity contribution is -0.138. The summed E-state index contributed by atoms with van der Waals surface area (Å²) < 4.78 is 0. The Bertz CT molecular complexity index is 469. The largest absolute Gasteiger partial charge is 0.334 e. The molecular weight excluding hydrogens is 260 g/mol. The third kappa shape index (κ3) is 3.65. The molecule has 1 fully saturated rings. The third-order valence-corrected chi connectivity index (χ3v) is 4.55. The second kappa shape index (κ2) is 7.08. The van der Waals surface area contributed by atoms with Crippen molar-refractivity contribution >= 4 is 5.91 Å². The van der Waals surface area contributed by atoms with Crippen LogP contribution in [0.1, 0.15) is 56.7 Å². The minimum atomic E-state index is -0.353. The van der Waals surface area contributed by atoms with Crippen molar-refractivity contribution in [3.05, 3.63) is 35.4 Å². The van der Waals surface area contributed by atoms with E-state index >= 15 is 0 Å². The van der Waals surface area contributed by atoms with Gasteiger partial charge in [-0.15, -0.1) is 0 Å². The minimum Gasteiger partial charge on any atom is -0.334 e. The SMILES string of the molecule is CCCC(N)C(=O)N1CCCC(C)C1c1ccc(C)cc1. The van der Waals surface area contributed by atoms with Crippen molar-refractivity contribution in [2.45, 2.75) is 58.5 Å². The number of nitrogens with zero attached hydrogens (tertiary/aromatic N) is 1. The van der Waals surface area contributed by atoms with Crippen molar-refractivity contribution in [2.75, 3.05) is 6.54 Å².